The van der Waals surface area contributed by atoms with Crippen molar-refractivity contribution in [2.75, 3.05) is 7.11 Å². The quantitative estimate of drug-likeness (QED) is 0.698. The van der Waals surface area contributed by atoms with Crippen LogP contribution in [0.1, 0.15) is 16.4 Å². The van der Waals surface area contributed by atoms with Gasteiger partial charge >= 0.3 is 0 Å². The Morgan fingerprint density at radius 3 is 1.58 bits per heavy atom. The first-order valence-electron chi connectivity index (χ1n) is 7.61. The maximum Gasteiger partial charge on any atom is 0.189 e. The van der Waals surface area contributed by atoms with Crippen molar-refractivity contribution in [2.24, 2.45) is 0 Å². The number of rotatable bonds is 5. The molecule has 0 aliphatic carbocycles. The summed E-state index contributed by atoms with van der Waals surface area (Å²) in [5, 5.41) is -0.742. The van der Waals surface area contributed by atoms with Crippen molar-refractivity contribution < 1.29 is 13.2 Å². The van der Waals surface area contributed by atoms with Gasteiger partial charge in [-0.1, -0.05) is 60.7 Å². The van der Waals surface area contributed by atoms with Crippen LogP contribution in [0.15, 0.2) is 89.8 Å². The first kappa shape index (κ1) is 16.3. The zero-order valence-electron chi connectivity index (χ0n) is 13.3. The molecule has 0 N–H and O–H groups in total. The van der Waals surface area contributed by atoms with Crippen LogP contribution >= 0.6 is 0 Å². The third kappa shape index (κ3) is 3.19. The molecule has 0 bridgehead atoms. The average Bonchev–Trinajstić information content (AvgIpc) is 2.63. The van der Waals surface area contributed by atoms with Crippen LogP contribution < -0.4 is 4.74 Å². The smallest absolute Gasteiger partial charge is 0.189 e. The predicted molar refractivity (Wildman–Crippen MR) is 94.9 cm³/mol. The van der Waals surface area contributed by atoms with Crippen LogP contribution in [0.2, 0.25) is 0 Å². The molecule has 122 valence electrons. The maximum atomic E-state index is 13.3. The van der Waals surface area contributed by atoms with Crippen molar-refractivity contribution >= 4 is 9.84 Å². The molecule has 0 atom stereocenters. The van der Waals surface area contributed by atoms with Crippen LogP contribution in [0.3, 0.4) is 0 Å². The van der Waals surface area contributed by atoms with Gasteiger partial charge in [0.1, 0.15) is 11.0 Å². The number of methoxy groups -OCH3 is 1. The Bertz CT molecular complexity index is 847. The van der Waals surface area contributed by atoms with E-state index in [1.807, 2.05) is 60.7 Å². The van der Waals surface area contributed by atoms with Crippen molar-refractivity contribution in [1.82, 2.24) is 0 Å². The van der Waals surface area contributed by atoms with Gasteiger partial charge in [-0.05, 0) is 35.4 Å². The van der Waals surface area contributed by atoms with E-state index in [9.17, 15) is 8.42 Å². The maximum absolute atomic E-state index is 13.3. The van der Waals surface area contributed by atoms with E-state index in [0.717, 1.165) is 11.1 Å². The highest BCUT2D eigenvalue weighted by Crippen LogP contribution is 2.35. The largest absolute Gasteiger partial charge is 0.497 e. The van der Waals surface area contributed by atoms with Crippen LogP contribution in [-0.2, 0) is 9.84 Å². The molecule has 0 heterocycles. The molecule has 0 aliphatic heterocycles. The Balaban J connectivity index is 2.14. The number of hydrogen-bond acceptors (Lipinski definition) is 3. The monoisotopic (exact) mass is 338 g/mol. The van der Waals surface area contributed by atoms with Gasteiger partial charge in [0.15, 0.2) is 9.84 Å². The summed E-state index contributed by atoms with van der Waals surface area (Å²) in [5.41, 5.74) is 1.50. The van der Waals surface area contributed by atoms with Gasteiger partial charge in [-0.2, -0.15) is 0 Å². The summed E-state index contributed by atoms with van der Waals surface area (Å²) in [6.45, 7) is 0. The molecule has 3 nitrogen and oxygen atoms in total. The normalized spacial score (nSPS) is 11.4. The SMILES string of the molecule is COc1ccc(S(=O)(=O)C(c2ccccc2)c2ccccc2)cc1. The summed E-state index contributed by atoms with van der Waals surface area (Å²) in [7, 11) is -2.03. The molecule has 0 spiro atoms. The minimum atomic E-state index is -3.59. The Morgan fingerprint density at radius 1 is 0.708 bits per heavy atom. The third-order valence-electron chi connectivity index (χ3n) is 3.90. The van der Waals surface area contributed by atoms with Crippen molar-refractivity contribution in [3.05, 3.63) is 96.1 Å². The molecule has 0 saturated heterocycles. The van der Waals surface area contributed by atoms with Crippen LogP contribution in [0.25, 0.3) is 0 Å². The lowest BCUT2D eigenvalue weighted by Gasteiger charge is -2.19. The molecule has 0 aromatic heterocycles. The first-order chi connectivity index (χ1) is 11.6. The van der Waals surface area contributed by atoms with E-state index >= 15 is 0 Å². The molecule has 0 unspecified atom stereocenters. The zero-order valence-corrected chi connectivity index (χ0v) is 14.1. The lowest BCUT2D eigenvalue weighted by atomic mass is 10.0. The molecule has 24 heavy (non-hydrogen) atoms. The van der Waals surface area contributed by atoms with Gasteiger partial charge in [0, 0.05) is 0 Å². The van der Waals surface area contributed by atoms with E-state index in [0.29, 0.717) is 5.75 Å². The molecule has 3 rings (SSSR count). The van der Waals surface area contributed by atoms with Crippen LogP contribution in [0, 0.1) is 0 Å². The third-order valence-corrected chi connectivity index (χ3v) is 6.00. The van der Waals surface area contributed by atoms with Crippen molar-refractivity contribution in [3.8, 4) is 5.75 Å². The van der Waals surface area contributed by atoms with Crippen LogP contribution in [-0.4, -0.2) is 15.5 Å². The topological polar surface area (TPSA) is 43.4 Å². The molecule has 3 aromatic rings. The molecule has 0 amide bonds. The Kier molecular flexibility index (Phi) is 4.67. The lowest BCUT2D eigenvalue weighted by molar-refractivity contribution is 0.414. The Hall–Kier alpha value is -2.59. The Morgan fingerprint density at radius 2 is 1.17 bits per heavy atom. The average molecular weight is 338 g/mol. The molecular formula is C20H18O3S. The molecule has 0 aliphatic rings. The van der Waals surface area contributed by atoms with E-state index in [4.69, 9.17) is 4.74 Å². The number of benzene rings is 3. The summed E-state index contributed by atoms with van der Waals surface area (Å²) >= 11 is 0. The molecule has 0 fully saturated rings. The molecule has 0 saturated carbocycles. The van der Waals surface area contributed by atoms with Crippen molar-refractivity contribution in [1.29, 1.82) is 0 Å². The van der Waals surface area contributed by atoms with Gasteiger partial charge in [-0.3, -0.25) is 0 Å². The molecule has 3 aromatic carbocycles. The number of hydrogen-bond donors (Lipinski definition) is 0. The van der Waals surface area contributed by atoms with Crippen LogP contribution in [0.4, 0.5) is 0 Å². The second-order valence-corrected chi connectivity index (χ2v) is 7.45. The van der Waals surface area contributed by atoms with E-state index in [2.05, 4.69) is 0 Å². The lowest BCUT2D eigenvalue weighted by Crippen LogP contribution is -2.15. The summed E-state index contributed by atoms with van der Waals surface area (Å²) in [6, 6.07) is 25.1. The summed E-state index contributed by atoms with van der Waals surface area (Å²) in [6.07, 6.45) is 0. The summed E-state index contributed by atoms with van der Waals surface area (Å²) in [5.74, 6) is 0.630. The molecular weight excluding hydrogens is 320 g/mol. The second-order valence-electron chi connectivity index (χ2n) is 5.42. The highest BCUT2D eigenvalue weighted by molar-refractivity contribution is 7.91. The predicted octanol–water partition coefficient (Wildman–Crippen LogP) is 4.26. The van der Waals surface area contributed by atoms with E-state index in [1.54, 1.807) is 31.4 Å². The van der Waals surface area contributed by atoms with Gasteiger partial charge in [0.25, 0.3) is 0 Å². The minimum absolute atomic E-state index is 0.279. The summed E-state index contributed by atoms with van der Waals surface area (Å²) < 4.78 is 31.7. The van der Waals surface area contributed by atoms with Crippen molar-refractivity contribution in [2.45, 2.75) is 10.1 Å². The van der Waals surface area contributed by atoms with Gasteiger partial charge in [-0.25, -0.2) is 8.42 Å². The van der Waals surface area contributed by atoms with Gasteiger partial charge in [0.05, 0.1) is 12.0 Å². The van der Waals surface area contributed by atoms with Crippen LogP contribution in [0.5, 0.6) is 5.75 Å². The van der Waals surface area contributed by atoms with Gasteiger partial charge in [0.2, 0.25) is 0 Å². The second kappa shape index (κ2) is 6.89. The highest BCUT2D eigenvalue weighted by Gasteiger charge is 2.30. The fourth-order valence-electron chi connectivity index (χ4n) is 2.71. The van der Waals surface area contributed by atoms with E-state index in [-0.39, 0.29) is 4.90 Å². The number of ether oxygens (including phenoxy) is 1. The van der Waals surface area contributed by atoms with Gasteiger partial charge in [-0.15, -0.1) is 0 Å². The standard InChI is InChI=1S/C20H18O3S/c1-23-18-12-14-19(15-13-18)24(21,22)20(16-8-4-2-5-9-16)17-10-6-3-7-11-17/h2-15,20H,1H3. The Labute approximate surface area is 142 Å². The van der Waals surface area contributed by atoms with E-state index in [1.165, 1.54) is 0 Å². The first-order valence-corrected chi connectivity index (χ1v) is 9.15. The highest BCUT2D eigenvalue weighted by atomic mass is 32.2. The zero-order chi connectivity index (χ0) is 17.0. The fourth-order valence-corrected chi connectivity index (χ4v) is 4.53. The fraction of sp³-hybridized carbons (Fsp3) is 0.100. The molecule has 0 radical (unpaired) electrons. The number of sulfone groups is 1. The van der Waals surface area contributed by atoms with E-state index < -0.39 is 15.1 Å². The van der Waals surface area contributed by atoms with Crippen molar-refractivity contribution in [3.63, 3.8) is 0 Å². The summed E-state index contributed by atoms with van der Waals surface area (Å²) in [4.78, 5) is 0.279. The minimum Gasteiger partial charge on any atom is -0.497 e. The van der Waals surface area contributed by atoms with Gasteiger partial charge < -0.3 is 4.74 Å². The molecule has 4 heteroatoms.